The Labute approximate surface area is 167 Å². The summed E-state index contributed by atoms with van der Waals surface area (Å²) in [4.78, 5) is 29.7. The number of thiophene rings is 2. The Kier molecular flexibility index (Phi) is 5.03. The number of nitrogens with one attached hydrogen (secondary N) is 1. The van der Waals surface area contributed by atoms with Crippen molar-refractivity contribution in [2.75, 3.05) is 11.9 Å². The largest absolute Gasteiger partial charge is 0.451 e. The van der Waals surface area contributed by atoms with E-state index in [2.05, 4.69) is 16.4 Å². The molecular formula is C18H13N3O3S3. The zero-order chi connectivity index (χ0) is 18.8. The summed E-state index contributed by atoms with van der Waals surface area (Å²) in [5.74, 6) is -1.11. The molecule has 0 spiro atoms. The third-order valence-electron chi connectivity index (χ3n) is 4.10. The lowest BCUT2D eigenvalue weighted by molar-refractivity contribution is -0.119. The van der Waals surface area contributed by atoms with Crippen LogP contribution >= 0.6 is 34.0 Å². The van der Waals surface area contributed by atoms with Gasteiger partial charge in [-0.05, 0) is 36.3 Å². The number of rotatable bonds is 5. The third kappa shape index (κ3) is 3.64. The van der Waals surface area contributed by atoms with Gasteiger partial charge in [0.25, 0.3) is 5.91 Å². The molecule has 1 N–H and O–H groups in total. The summed E-state index contributed by atoms with van der Waals surface area (Å²) in [6.07, 6.45) is 2.86. The van der Waals surface area contributed by atoms with Crippen molar-refractivity contribution in [2.45, 2.75) is 19.3 Å². The van der Waals surface area contributed by atoms with Crippen LogP contribution in [0.3, 0.4) is 0 Å². The molecule has 0 radical (unpaired) electrons. The topological polar surface area (TPSA) is 92.1 Å². The number of amides is 1. The number of thiazole rings is 1. The molecule has 1 amide bonds. The van der Waals surface area contributed by atoms with Gasteiger partial charge in [0.1, 0.15) is 16.1 Å². The maximum Gasteiger partial charge on any atom is 0.358 e. The Morgan fingerprint density at radius 3 is 3.00 bits per heavy atom. The van der Waals surface area contributed by atoms with Gasteiger partial charge in [-0.1, -0.05) is 0 Å². The minimum atomic E-state index is -0.642. The lowest BCUT2D eigenvalue weighted by atomic mass is 10.1. The number of aromatic nitrogens is 1. The molecular weight excluding hydrogens is 402 g/mol. The quantitative estimate of drug-likeness (QED) is 0.634. The highest BCUT2D eigenvalue weighted by Crippen LogP contribution is 2.38. The first-order valence-corrected chi connectivity index (χ1v) is 10.8. The van der Waals surface area contributed by atoms with E-state index < -0.39 is 18.5 Å². The van der Waals surface area contributed by atoms with E-state index in [0.717, 1.165) is 40.3 Å². The number of fused-ring (bicyclic) bond motifs is 1. The number of aryl methyl sites for hydroxylation is 1. The molecule has 3 aromatic rings. The van der Waals surface area contributed by atoms with Crippen LogP contribution in [0.5, 0.6) is 0 Å². The van der Waals surface area contributed by atoms with E-state index in [1.807, 2.05) is 16.8 Å². The van der Waals surface area contributed by atoms with Gasteiger partial charge in [-0.2, -0.15) is 16.6 Å². The molecule has 9 heteroatoms. The Morgan fingerprint density at radius 1 is 1.33 bits per heavy atom. The van der Waals surface area contributed by atoms with Crippen LogP contribution in [-0.2, 0) is 22.4 Å². The number of hydrogen-bond acceptors (Lipinski definition) is 8. The van der Waals surface area contributed by atoms with Crippen LogP contribution < -0.4 is 5.32 Å². The van der Waals surface area contributed by atoms with E-state index in [4.69, 9.17) is 4.74 Å². The van der Waals surface area contributed by atoms with E-state index >= 15 is 0 Å². The zero-order valence-electron chi connectivity index (χ0n) is 14.0. The van der Waals surface area contributed by atoms with Gasteiger partial charge in [0, 0.05) is 21.2 Å². The highest BCUT2D eigenvalue weighted by atomic mass is 32.1. The highest BCUT2D eigenvalue weighted by Gasteiger charge is 2.23. The van der Waals surface area contributed by atoms with Gasteiger partial charge in [0.15, 0.2) is 12.3 Å². The second kappa shape index (κ2) is 7.60. The number of carbonyl (C=O) groups is 2. The Morgan fingerprint density at radius 2 is 2.22 bits per heavy atom. The molecule has 6 nitrogen and oxygen atoms in total. The summed E-state index contributed by atoms with van der Waals surface area (Å²) in [7, 11) is 0. The molecule has 27 heavy (non-hydrogen) atoms. The average molecular weight is 416 g/mol. The van der Waals surface area contributed by atoms with Crippen LogP contribution in [0, 0.1) is 11.3 Å². The van der Waals surface area contributed by atoms with Crippen molar-refractivity contribution in [2.24, 2.45) is 0 Å². The Balaban J connectivity index is 1.36. The number of nitriles is 1. The van der Waals surface area contributed by atoms with Crippen LogP contribution in [0.2, 0.25) is 0 Å². The maximum absolute atomic E-state index is 12.1. The van der Waals surface area contributed by atoms with E-state index in [9.17, 15) is 14.9 Å². The first kappa shape index (κ1) is 17.9. The van der Waals surface area contributed by atoms with Gasteiger partial charge in [-0.15, -0.1) is 22.7 Å². The molecule has 4 rings (SSSR count). The molecule has 0 saturated heterocycles. The first-order chi connectivity index (χ1) is 13.2. The number of hydrogen-bond donors (Lipinski definition) is 1. The van der Waals surface area contributed by atoms with E-state index in [0.29, 0.717) is 10.6 Å². The molecule has 3 aromatic heterocycles. The van der Waals surface area contributed by atoms with Crippen LogP contribution in [-0.4, -0.2) is 23.5 Å². The van der Waals surface area contributed by atoms with Crippen molar-refractivity contribution in [1.82, 2.24) is 4.98 Å². The third-order valence-corrected chi connectivity index (χ3v) is 6.88. The molecule has 0 aliphatic heterocycles. The Bertz CT molecular complexity index is 1040. The fourth-order valence-electron chi connectivity index (χ4n) is 2.86. The van der Waals surface area contributed by atoms with Gasteiger partial charge >= 0.3 is 5.97 Å². The molecule has 0 bridgehead atoms. The molecule has 3 heterocycles. The fraction of sp³-hybridized carbons (Fsp3) is 0.222. The molecule has 0 atom stereocenters. The van der Waals surface area contributed by atoms with Crippen LogP contribution in [0.4, 0.5) is 5.00 Å². The summed E-state index contributed by atoms with van der Waals surface area (Å²) in [5.41, 5.74) is 2.71. The van der Waals surface area contributed by atoms with Crippen molar-refractivity contribution < 1.29 is 14.3 Å². The fourth-order valence-corrected chi connectivity index (χ4v) is 5.62. The monoisotopic (exact) mass is 415 g/mol. The standard InChI is InChI=1S/C18H13N3O3S3/c19-6-12-11-2-1-3-14(11)27-17(12)21-15(22)7-24-18(23)13-9-26-16(20-13)10-4-5-25-8-10/h4-5,8-9H,1-3,7H2,(H,21,22). The van der Waals surface area contributed by atoms with E-state index in [1.165, 1.54) is 22.7 Å². The average Bonchev–Trinajstić information content (AvgIpc) is 3.42. The van der Waals surface area contributed by atoms with Crippen molar-refractivity contribution in [3.63, 3.8) is 0 Å². The predicted molar refractivity (Wildman–Crippen MR) is 105 cm³/mol. The minimum absolute atomic E-state index is 0.182. The second-order valence-corrected chi connectivity index (χ2v) is 8.59. The zero-order valence-corrected chi connectivity index (χ0v) is 16.4. The summed E-state index contributed by atoms with van der Waals surface area (Å²) >= 11 is 4.33. The van der Waals surface area contributed by atoms with Crippen LogP contribution in [0.15, 0.2) is 22.2 Å². The summed E-state index contributed by atoms with van der Waals surface area (Å²) in [5, 5.41) is 18.8. The molecule has 0 saturated carbocycles. The summed E-state index contributed by atoms with van der Waals surface area (Å²) < 4.78 is 5.06. The van der Waals surface area contributed by atoms with Crippen molar-refractivity contribution in [1.29, 1.82) is 5.26 Å². The Hall–Kier alpha value is -2.54. The number of carbonyl (C=O) groups excluding carboxylic acids is 2. The number of ether oxygens (including phenoxy) is 1. The number of nitrogens with zero attached hydrogens (tertiary/aromatic N) is 2. The summed E-state index contributed by atoms with van der Waals surface area (Å²) in [6.45, 7) is -0.419. The molecule has 0 unspecified atom stereocenters. The SMILES string of the molecule is N#Cc1c(NC(=O)COC(=O)c2csc(-c3ccsc3)n2)sc2c1CCC2. The van der Waals surface area contributed by atoms with E-state index in [-0.39, 0.29) is 5.69 Å². The molecule has 1 aliphatic rings. The predicted octanol–water partition coefficient (Wildman–Crippen LogP) is 4.09. The van der Waals surface area contributed by atoms with Crippen molar-refractivity contribution >= 4 is 50.9 Å². The van der Waals surface area contributed by atoms with E-state index in [1.54, 1.807) is 16.7 Å². The van der Waals surface area contributed by atoms with Crippen LogP contribution in [0.25, 0.3) is 10.6 Å². The van der Waals surface area contributed by atoms with Gasteiger partial charge < -0.3 is 10.1 Å². The molecule has 1 aliphatic carbocycles. The second-order valence-electron chi connectivity index (χ2n) is 5.85. The van der Waals surface area contributed by atoms with Gasteiger partial charge in [-0.25, -0.2) is 9.78 Å². The minimum Gasteiger partial charge on any atom is -0.451 e. The highest BCUT2D eigenvalue weighted by molar-refractivity contribution is 7.16. The first-order valence-electron chi connectivity index (χ1n) is 8.15. The number of esters is 1. The van der Waals surface area contributed by atoms with Gasteiger partial charge in [-0.3, -0.25) is 4.79 Å². The molecule has 136 valence electrons. The van der Waals surface area contributed by atoms with Crippen LogP contribution in [0.1, 0.15) is 32.9 Å². The smallest absolute Gasteiger partial charge is 0.358 e. The van der Waals surface area contributed by atoms with Crippen molar-refractivity contribution in [3.05, 3.63) is 43.9 Å². The lowest BCUT2D eigenvalue weighted by Crippen LogP contribution is -2.21. The van der Waals surface area contributed by atoms with Gasteiger partial charge in [0.05, 0.1) is 5.56 Å². The summed E-state index contributed by atoms with van der Waals surface area (Å²) in [6, 6.07) is 4.10. The normalized spacial score (nSPS) is 12.4. The maximum atomic E-state index is 12.1. The van der Waals surface area contributed by atoms with Crippen molar-refractivity contribution in [3.8, 4) is 16.6 Å². The lowest BCUT2D eigenvalue weighted by Gasteiger charge is -2.05. The number of anilines is 1. The molecule has 0 fully saturated rings. The van der Waals surface area contributed by atoms with Gasteiger partial charge in [0.2, 0.25) is 0 Å². The molecule has 0 aromatic carbocycles.